The van der Waals surface area contributed by atoms with Gasteiger partial charge in [0.15, 0.2) is 0 Å². The molecule has 0 aromatic rings. The van der Waals surface area contributed by atoms with Gasteiger partial charge in [-0.05, 0) is 6.08 Å². The van der Waals surface area contributed by atoms with Gasteiger partial charge < -0.3 is 4.89 Å². The van der Waals surface area contributed by atoms with Crippen LogP contribution in [0, 0.1) is 0 Å². The Morgan fingerprint density at radius 3 is 3.33 bits per heavy atom. The van der Waals surface area contributed by atoms with Crippen molar-refractivity contribution in [3.63, 3.8) is 0 Å². The van der Waals surface area contributed by atoms with E-state index in [9.17, 15) is 0 Å². The minimum absolute atomic E-state index is 0.943. The monoisotopic (exact) mass is 162 g/mol. The molecule has 50 valence electrons. The van der Waals surface area contributed by atoms with Crippen molar-refractivity contribution in [1.82, 2.24) is 0 Å². The SMILES string of the molecule is C1=C\OOSSC/C=C/1. The predicted molar refractivity (Wildman–Crippen MR) is 40.5 cm³/mol. The summed E-state index contributed by atoms with van der Waals surface area (Å²) < 4.78 is 4.61. The second kappa shape index (κ2) is 4.78. The second-order valence-electron chi connectivity index (χ2n) is 1.27. The summed E-state index contributed by atoms with van der Waals surface area (Å²) in [6.45, 7) is 0. The molecule has 1 heterocycles. The summed E-state index contributed by atoms with van der Waals surface area (Å²) in [4.78, 5) is 4.56. The van der Waals surface area contributed by atoms with E-state index in [0.29, 0.717) is 0 Å². The molecule has 0 atom stereocenters. The largest absolute Gasteiger partial charge is 0.332 e. The van der Waals surface area contributed by atoms with Gasteiger partial charge in [-0.15, -0.1) is 4.33 Å². The molecule has 2 nitrogen and oxygen atoms in total. The zero-order valence-electron chi connectivity index (χ0n) is 4.65. The van der Waals surface area contributed by atoms with Crippen molar-refractivity contribution in [2.45, 2.75) is 0 Å². The molecule has 0 N–H and O–H groups in total. The van der Waals surface area contributed by atoms with E-state index in [4.69, 9.17) is 0 Å². The fraction of sp³-hybridized carbons (Fsp3) is 0.200. The van der Waals surface area contributed by atoms with E-state index in [1.54, 1.807) is 16.9 Å². The summed E-state index contributed by atoms with van der Waals surface area (Å²) in [5, 5.41) is 0. The molecule has 1 rings (SSSR count). The predicted octanol–water partition coefficient (Wildman–Crippen LogP) is 2.31. The molecule has 1 aliphatic heterocycles. The van der Waals surface area contributed by atoms with Crippen LogP contribution in [-0.2, 0) is 9.22 Å². The molecule has 0 aromatic carbocycles. The molecule has 4 heteroatoms. The normalized spacial score (nSPS) is 26.7. The Balaban J connectivity index is 2.28. The van der Waals surface area contributed by atoms with Gasteiger partial charge in [-0.2, -0.15) is 0 Å². The average molecular weight is 162 g/mol. The van der Waals surface area contributed by atoms with Crippen molar-refractivity contribution in [2.75, 3.05) is 5.75 Å². The molecule has 0 saturated carbocycles. The van der Waals surface area contributed by atoms with Crippen LogP contribution in [0.3, 0.4) is 0 Å². The zero-order chi connectivity index (χ0) is 6.36. The van der Waals surface area contributed by atoms with Crippen LogP contribution in [0.2, 0.25) is 0 Å². The molecule has 0 amide bonds. The van der Waals surface area contributed by atoms with Gasteiger partial charge in [-0.25, -0.2) is 0 Å². The highest BCUT2D eigenvalue weighted by Crippen LogP contribution is 2.23. The maximum absolute atomic E-state index is 4.61. The van der Waals surface area contributed by atoms with E-state index in [0.717, 1.165) is 5.75 Å². The van der Waals surface area contributed by atoms with Gasteiger partial charge in [-0.3, -0.25) is 0 Å². The Morgan fingerprint density at radius 1 is 1.33 bits per heavy atom. The minimum Gasteiger partial charge on any atom is -0.332 e. The summed E-state index contributed by atoms with van der Waals surface area (Å²) in [6.07, 6.45) is 7.23. The Bertz CT molecular complexity index is 108. The zero-order valence-corrected chi connectivity index (χ0v) is 6.28. The van der Waals surface area contributed by atoms with Crippen LogP contribution >= 0.6 is 21.9 Å². The Kier molecular flexibility index (Phi) is 3.75. The minimum atomic E-state index is 0.943. The quantitative estimate of drug-likeness (QED) is 0.309. The van der Waals surface area contributed by atoms with Crippen LogP contribution in [0.5, 0.6) is 0 Å². The molecular formula is C5H6O2S2. The lowest BCUT2D eigenvalue weighted by Gasteiger charge is -1.92. The lowest BCUT2D eigenvalue weighted by atomic mass is 10.5. The van der Waals surface area contributed by atoms with Crippen molar-refractivity contribution < 1.29 is 9.22 Å². The first-order chi connectivity index (χ1) is 4.50. The molecule has 0 bridgehead atoms. The fourth-order valence-corrected chi connectivity index (χ4v) is 1.32. The molecule has 0 radical (unpaired) electrons. The van der Waals surface area contributed by atoms with Gasteiger partial charge in [0, 0.05) is 5.75 Å². The third-order valence-electron chi connectivity index (χ3n) is 0.661. The van der Waals surface area contributed by atoms with E-state index in [1.165, 1.54) is 17.3 Å². The Morgan fingerprint density at radius 2 is 2.33 bits per heavy atom. The summed E-state index contributed by atoms with van der Waals surface area (Å²) in [7, 11) is 1.59. The standard InChI is InChI=1S/C5H6O2S2/c1-2-4-6-7-9-8-5-3-1/h1-4H,5H2/b3-1+,4-2-. The smallest absolute Gasteiger partial charge is 0.130 e. The molecule has 0 unspecified atom stereocenters. The molecule has 0 fully saturated rings. The van der Waals surface area contributed by atoms with Crippen LogP contribution in [0.4, 0.5) is 0 Å². The first kappa shape index (κ1) is 7.05. The van der Waals surface area contributed by atoms with Crippen molar-refractivity contribution in [3.8, 4) is 0 Å². The Hall–Kier alpha value is -0.0600. The van der Waals surface area contributed by atoms with E-state index in [1.807, 2.05) is 12.2 Å². The van der Waals surface area contributed by atoms with Gasteiger partial charge in [0.1, 0.15) is 17.3 Å². The van der Waals surface area contributed by atoms with Crippen molar-refractivity contribution >= 4 is 21.9 Å². The molecule has 9 heavy (non-hydrogen) atoms. The van der Waals surface area contributed by atoms with E-state index >= 15 is 0 Å². The third kappa shape index (κ3) is 3.51. The molecule has 0 aromatic heterocycles. The van der Waals surface area contributed by atoms with Gasteiger partial charge in [0.2, 0.25) is 0 Å². The average Bonchev–Trinajstić information content (AvgIpc) is 2.00. The van der Waals surface area contributed by atoms with Gasteiger partial charge >= 0.3 is 0 Å². The number of hydrogen-bond donors (Lipinski definition) is 0. The summed E-state index contributed by atoms with van der Waals surface area (Å²) in [6, 6.07) is 0. The number of allylic oxidation sites excluding steroid dienone is 2. The van der Waals surface area contributed by atoms with Crippen LogP contribution in [0.1, 0.15) is 0 Å². The third-order valence-corrected chi connectivity index (χ3v) is 2.08. The van der Waals surface area contributed by atoms with Crippen LogP contribution < -0.4 is 0 Å². The van der Waals surface area contributed by atoms with Crippen LogP contribution in [0.15, 0.2) is 24.5 Å². The first-order valence-corrected chi connectivity index (χ1v) is 4.68. The second-order valence-corrected chi connectivity index (χ2v) is 3.23. The maximum atomic E-state index is 4.61. The summed E-state index contributed by atoms with van der Waals surface area (Å²) in [5.74, 6) is 0.943. The van der Waals surface area contributed by atoms with Gasteiger partial charge in [0.05, 0.1) is 0 Å². The summed E-state index contributed by atoms with van der Waals surface area (Å²) in [5.41, 5.74) is 0. The molecule has 1 aliphatic rings. The van der Waals surface area contributed by atoms with Gasteiger partial charge in [0.25, 0.3) is 0 Å². The van der Waals surface area contributed by atoms with E-state index < -0.39 is 0 Å². The maximum Gasteiger partial charge on any atom is 0.130 e. The lowest BCUT2D eigenvalue weighted by molar-refractivity contribution is -0.127. The van der Waals surface area contributed by atoms with Crippen molar-refractivity contribution in [2.24, 2.45) is 0 Å². The lowest BCUT2D eigenvalue weighted by Crippen LogP contribution is -1.70. The number of rotatable bonds is 0. The first-order valence-electron chi connectivity index (χ1n) is 2.43. The molecule has 0 aliphatic carbocycles. The molecular weight excluding hydrogens is 156 g/mol. The molecule has 0 spiro atoms. The van der Waals surface area contributed by atoms with Crippen molar-refractivity contribution in [3.05, 3.63) is 24.5 Å². The summed E-state index contributed by atoms with van der Waals surface area (Å²) >= 11 is 1.23. The highest BCUT2D eigenvalue weighted by atomic mass is 33.1. The van der Waals surface area contributed by atoms with E-state index in [2.05, 4.69) is 9.22 Å². The highest BCUT2D eigenvalue weighted by molar-refractivity contribution is 8.74. The Labute approximate surface area is 61.8 Å². The van der Waals surface area contributed by atoms with Crippen LogP contribution in [-0.4, -0.2) is 5.75 Å². The fourth-order valence-electron chi connectivity index (χ4n) is 0.337. The molecule has 0 saturated heterocycles. The van der Waals surface area contributed by atoms with Crippen LogP contribution in [0.25, 0.3) is 0 Å². The van der Waals surface area contributed by atoms with Gasteiger partial charge in [-0.1, -0.05) is 22.9 Å². The van der Waals surface area contributed by atoms with Crippen molar-refractivity contribution in [1.29, 1.82) is 0 Å². The van der Waals surface area contributed by atoms with E-state index in [-0.39, 0.29) is 0 Å². The highest BCUT2D eigenvalue weighted by Gasteiger charge is 1.88. The number of hydrogen-bond acceptors (Lipinski definition) is 4. The topological polar surface area (TPSA) is 18.5 Å².